The number of hydrazone groups is 1. The number of carbonyl (C=O) groups is 1. The van der Waals surface area contributed by atoms with Gasteiger partial charge in [0.25, 0.3) is 5.91 Å². The molecule has 0 saturated carbocycles. The molecule has 3 aromatic carbocycles. The van der Waals surface area contributed by atoms with Crippen LogP contribution in [0.3, 0.4) is 0 Å². The van der Waals surface area contributed by atoms with E-state index in [1.54, 1.807) is 54.7 Å². The molecule has 0 aliphatic rings. The van der Waals surface area contributed by atoms with Crippen LogP contribution in [0.25, 0.3) is 11.3 Å². The van der Waals surface area contributed by atoms with Gasteiger partial charge in [-0.25, -0.2) is 9.37 Å². The summed E-state index contributed by atoms with van der Waals surface area (Å²) < 4.78 is 13.4. The summed E-state index contributed by atoms with van der Waals surface area (Å²) >= 11 is 1.21. The topological polar surface area (TPSA) is 86.6 Å². The Balaban J connectivity index is 1.60. The lowest BCUT2D eigenvalue weighted by Gasteiger charge is -2.06. The number of nitrogens with one attached hydrogen (secondary N) is 2. The van der Waals surface area contributed by atoms with E-state index in [2.05, 4.69) is 20.8 Å². The maximum absolute atomic E-state index is 13.4. The quantitative estimate of drug-likeness (QED) is 0.263. The summed E-state index contributed by atoms with van der Waals surface area (Å²) in [5, 5.41) is 17.5. The van der Waals surface area contributed by atoms with Crippen molar-refractivity contribution in [3.63, 3.8) is 0 Å². The van der Waals surface area contributed by atoms with E-state index in [4.69, 9.17) is 0 Å². The minimum absolute atomic E-state index is 0.142. The van der Waals surface area contributed by atoms with Crippen molar-refractivity contribution in [2.45, 2.75) is 6.92 Å². The molecule has 4 aromatic rings. The van der Waals surface area contributed by atoms with Crippen LogP contribution in [-0.2, 0) is 0 Å². The molecule has 0 aliphatic heterocycles. The zero-order chi connectivity index (χ0) is 22.5. The van der Waals surface area contributed by atoms with E-state index in [1.807, 2.05) is 19.1 Å². The first kappa shape index (κ1) is 21.2. The van der Waals surface area contributed by atoms with E-state index >= 15 is 0 Å². The van der Waals surface area contributed by atoms with Gasteiger partial charge in [-0.2, -0.15) is 5.10 Å². The van der Waals surface area contributed by atoms with E-state index in [-0.39, 0.29) is 17.5 Å². The van der Waals surface area contributed by atoms with Crippen LogP contribution in [0.1, 0.15) is 21.5 Å². The van der Waals surface area contributed by atoms with Crippen molar-refractivity contribution < 1.29 is 14.3 Å². The molecule has 32 heavy (non-hydrogen) atoms. The number of benzene rings is 3. The molecule has 3 N–H and O–H groups in total. The van der Waals surface area contributed by atoms with Crippen molar-refractivity contribution in [3.05, 3.63) is 95.3 Å². The Hall–Kier alpha value is -4.04. The van der Waals surface area contributed by atoms with Gasteiger partial charge >= 0.3 is 0 Å². The molecule has 160 valence electrons. The SMILES string of the molecule is Cc1ccc(C(=O)Nc2sc(N/N=C/c3cccc(O)c3)nc2-c2ccc(F)cc2)cc1. The molecule has 0 saturated heterocycles. The Kier molecular flexibility index (Phi) is 6.23. The van der Waals surface area contributed by atoms with Gasteiger partial charge in [-0.1, -0.05) is 41.2 Å². The van der Waals surface area contributed by atoms with Gasteiger partial charge in [0, 0.05) is 11.1 Å². The van der Waals surface area contributed by atoms with Crippen molar-refractivity contribution in [1.82, 2.24) is 4.98 Å². The molecule has 0 bridgehead atoms. The number of rotatable bonds is 6. The summed E-state index contributed by atoms with van der Waals surface area (Å²) in [6, 6.07) is 19.8. The van der Waals surface area contributed by atoms with Crippen LogP contribution in [0.5, 0.6) is 5.75 Å². The second-order valence-corrected chi connectivity index (χ2v) is 7.99. The average molecular weight is 447 g/mol. The van der Waals surface area contributed by atoms with E-state index in [0.29, 0.717) is 32.5 Å². The number of aromatic hydroxyl groups is 1. The second-order valence-electron chi connectivity index (χ2n) is 6.99. The maximum atomic E-state index is 13.4. The molecule has 0 aliphatic carbocycles. The Morgan fingerprint density at radius 2 is 1.84 bits per heavy atom. The largest absolute Gasteiger partial charge is 0.508 e. The summed E-state index contributed by atoms with van der Waals surface area (Å²) in [6.45, 7) is 1.95. The third-order valence-electron chi connectivity index (χ3n) is 4.53. The number of thiazole rings is 1. The molecule has 0 atom stereocenters. The first-order valence-electron chi connectivity index (χ1n) is 9.71. The predicted molar refractivity (Wildman–Crippen MR) is 126 cm³/mol. The van der Waals surface area contributed by atoms with Crippen LogP contribution >= 0.6 is 11.3 Å². The number of hydrogen-bond donors (Lipinski definition) is 3. The number of halogens is 1. The Labute approximate surface area is 188 Å². The summed E-state index contributed by atoms with van der Waals surface area (Å²) in [5.74, 6) is -0.488. The number of carbonyl (C=O) groups excluding carboxylic acids is 1. The zero-order valence-corrected chi connectivity index (χ0v) is 17.9. The van der Waals surface area contributed by atoms with E-state index in [1.165, 1.54) is 23.5 Å². The molecule has 0 fully saturated rings. The van der Waals surface area contributed by atoms with Gasteiger partial charge in [-0.3, -0.25) is 10.2 Å². The molecule has 0 unspecified atom stereocenters. The molecule has 4 rings (SSSR count). The summed E-state index contributed by atoms with van der Waals surface area (Å²) in [5.41, 5.74) is 6.29. The number of amides is 1. The monoisotopic (exact) mass is 446 g/mol. The first-order chi connectivity index (χ1) is 15.5. The number of aromatic nitrogens is 1. The van der Waals surface area contributed by atoms with E-state index < -0.39 is 0 Å². The van der Waals surface area contributed by atoms with E-state index in [9.17, 15) is 14.3 Å². The lowest BCUT2D eigenvalue weighted by atomic mass is 10.1. The van der Waals surface area contributed by atoms with Crippen molar-refractivity contribution in [1.29, 1.82) is 0 Å². The van der Waals surface area contributed by atoms with Crippen LogP contribution in [0, 0.1) is 12.7 Å². The highest BCUT2D eigenvalue weighted by Crippen LogP contribution is 2.36. The summed E-state index contributed by atoms with van der Waals surface area (Å²) in [4.78, 5) is 17.3. The van der Waals surface area contributed by atoms with Crippen LogP contribution < -0.4 is 10.7 Å². The summed E-state index contributed by atoms with van der Waals surface area (Å²) in [7, 11) is 0. The predicted octanol–water partition coefficient (Wildman–Crippen LogP) is 5.66. The van der Waals surface area contributed by atoms with Crippen LogP contribution in [0.2, 0.25) is 0 Å². The van der Waals surface area contributed by atoms with Gasteiger partial charge in [-0.15, -0.1) is 0 Å². The number of aryl methyl sites for hydroxylation is 1. The molecule has 1 heterocycles. The Morgan fingerprint density at radius 1 is 1.09 bits per heavy atom. The number of anilines is 2. The average Bonchev–Trinajstić information content (AvgIpc) is 3.17. The van der Waals surface area contributed by atoms with Gasteiger partial charge < -0.3 is 10.4 Å². The fourth-order valence-corrected chi connectivity index (χ4v) is 3.74. The molecule has 0 spiro atoms. The highest BCUT2D eigenvalue weighted by atomic mass is 32.1. The standard InChI is InChI=1S/C24H19FN4O2S/c1-15-5-7-18(8-6-15)22(31)28-23-21(17-9-11-19(25)12-10-17)27-24(32-23)29-26-14-16-3-2-4-20(30)13-16/h2-14,30H,1H3,(H,27,29)(H,28,31)/b26-14+. The van der Waals surface area contributed by atoms with Crippen molar-refractivity contribution >= 4 is 33.6 Å². The normalized spacial score (nSPS) is 10.9. The minimum atomic E-state index is -0.358. The molecular formula is C24H19FN4O2S. The maximum Gasteiger partial charge on any atom is 0.256 e. The third-order valence-corrected chi connectivity index (χ3v) is 5.41. The van der Waals surface area contributed by atoms with Crippen molar-refractivity contribution in [2.75, 3.05) is 10.7 Å². The van der Waals surface area contributed by atoms with Crippen LogP contribution in [0.4, 0.5) is 14.5 Å². The van der Waals surface area contributed by atoms with Gasteiger partial charge in [-0.05, 0) is 61.0 Å². The fraction of sp³-hybridized carbons (Fsp3) is 0.0417. The third kappa shape index (κ3) is 5.16. The van der Waals surface area contributed by atoms with Crippen molar-refractivity contribution in [3.8, 4) is 17.0 Å². The Morgan fingerprint density at radius 3 is 2.56 bits per heavy atom. The smallest absolute Gasteiger partial charge is 0.256 e. The summed E-state index contributed by atoms with van der Waals surface area (Å²) in [6.07, 6.45) is 1.54. The molecule has 8 heteroatoms. The van der Waals surface area contributed by atoms with Gasteiger partial charge in [0.15, 0.2) is 0 Å². The van der Waals surface area contributed by atoms with Crippen LogP contribution in [-0.4, -0.2) is 22.2 Å². The van der Waals surface area contributed by atoms with Gasteiger partial charge in [0.2, 0.25) is 5.13 Å². The fourth-order valence-electron chi connectivity index (χ4n) is 2.90. The van der Waals surface area contributed by atoms with Crippen LogP contribution in [0.15, 0.2) is 77.9 Å². The molecule has 6 nitrogen and oxygen atoms in total. The number of phenolic OH excluding ortho intramolecular Hbond substituents is 1. The lowest BCUT2D eigenvalue weighted by Crippen LogP contribution is -2.11. The second kappa shape index (κ2) is 9.40. The number of phenols is 1. The first-order valence-corrected chi connectivity index (χ1v) is 10.5. The van der Waals surface area contributed by atoms with Gasteiger partial charge in [0.1, 0.15) is 22.3 Å². The molecule has 0 radical (unpaired) electrons. The Bertz CT molecular complexity index is 1270. The molecule has 1 amide bonds. The zero-order valence-electron chi connectivity index (χ0n) is 17.0. The number of nitrogens with zero attached hydrogens (tertiary/aromatic N) is 2. The number of hydrogen-bond acceptors (Lipinski definition) is 6. The highest BCUT2D eigenvalue weighted by Gasteiger charge is 2.16. The highest BCUT2D eigenvalue weighted by molar-refractivity contribution is 7.20. The minimum Gasteiger partial charge on any atom is -0.508 e. The molecule has 1 aromatic heterocycles. The van der Waals surface area contributed by atoms with E-state index in [0.717, 1.165) is 5.56 Å². The van der Waals surface area contributed by atoms with Crippen molar-refractivity contribution in [2.24, 2.45) is 5.10 Å². The molecular weight excluding hydrogens is 427 g/mol. The van der Waals surface area contributed by atoms with Gasteiger partial charge in [0.05, 0.1) is 6.21 Å². The lowest BCUT2D eigenvalue weighted by molar-refractivity contribution is 0.102.